The van der Waals surface area contributed by atoms with E-state index < -0.39 is 0 Å². The quantitative estimate of drug-likeness (QED) is 0.885. The van der Waals surface area contributed by atoms with Crippen LogP contribution in [0.15, 0.2) is 24.3 Å². The summed E-state index contributed by atoms with van der Waals surface area (Å²) < 4.78 is 5.71. The molecule has 98 valence electrons. The average Bonchev–Trinajstić information content (AvgIpc) is 2.38. The van der Waals surface area contributed by atoms with Crippen LogP contribution >= 0.6 is 0 Å². The molecule has 2 saturated heterocycles. The zero-order valence-electron chi connectivity index (χ0n) is 11.1. The fourth-order valence-corrected chi connectivity index (χ4v) is 3.23. The normalized spacial score (nSPS) is 21.7. The van der Waals surface area contributed by atoms with Gasteiger partial charge in [-0.3, -0.25) is 0 Å². The molecule has 0 saturated carbocycles. The summed E-state index contributed by atoms with van der Waals surface area (Å²) in [6.45, 7) is 7.49. The molecule has 3 nitrogen and oxygen atoms in total. The van der Waals surface area contributed by atoms with Crippen molar-refractivity contribution in [1.29, 1.82) is 0 Å². The molecule has 0 aliphatic carbocycles. The molecule has 0 unspecified atom stereocenters. The zero-order chi connectivity index (χ0) is 12.4. The Balaban J connectivity index is 1.70. The second-order valence-corrected chi connectivity index (χ2v) is 5.54. The molecule has 0 atom stereocenters. The SMILES string of the molecule is CCOc1ccccc1N1CC2(CCCNC2)C1. The third kappa shape index (κ3) is 2.07. The Labute approximate surface area is 109 Å². The van der Waals surface area contributed by atoms with Gasteiger partial charge in [0.2, 0.25) is 0 Å². The Morgan fingerprint density at radius 2 is 2.17 bits per heavy atom. The number of nitrogens with one attached hydrogen (secondary N) is 1. The van der Waals surface area contributed by atoms with Crippen molar-refractivity contribution in [3.05, 3.63) is 24.3 Å². The van der Waals surface area contributed by atoms with Gasteiger partial charge in [0.05, 0.1) is 12.3 Å². The lowest BCUT2D eigenvalue weighted by Crippen LogP contribution is -2.62. The lowest BCUT2D eigenvalue weighted by molar-refractivity contribution is 0.155. The third-order valence-corrected chi connectivity index (χ3v) is 4.12. The van der Waals surface area contributed by atoms with Gasteiger partial charge < -0.3 is 15.0 Å². The van der Waals surface area contributed by atoms with Gasteiger partial charge in [-0.25, -0.2) is 0 Å². The number of piperidine rings is 1. The van der Waals surface area contributed by atoms with Gasteiger partial charge >= 0.3 is 0 Å². The van der Waals surface area contributed by atoms with Crippen LogP contribution in [0, 0.1) is 5.41 Å². The van der Waals surface area contributed by atoms with E-state index in [9.17, 15) is 0 Å². The van der Waals surface area contributed by atoms with Crippen LogP contribution in [-0.2, 0) is 0 Å². The molecule has 0 aromatic heterocycles. The molecule has 2 heterocycles. The van der Waals surface area contributed by atoms with Gasteiger partial charge in [0.25, 0.3) is 0 Å². The van der Waals surface area contributed by atoms with Crippen LogP contribution < -0.4 is 15.0 Å². The Morgan fingerprint density at radius 1 is 1.33 bits per heavy atom. The Kier molecular flexibility index (Phi) is 3.16. The predicted molar refractivity (Wildman–Crippen MR) is 74.4 cm³/mol. The van der Waals surface area contributed by atoms with Crippen LogP contribution in [0.25, 0.3) is 0 Å². The summed E-state index contributed by atoms with van der Waals surface area (Å²) in [4.78, 5) is 2.46. The van der Waals surface area contributed by atoms with E-state index in [0.717, 1.165) is 12.4 Å². The number of nitrogens with zero attached hydrogens (tertiary/aromatic N) is 1. The van der Waals surface area contributed by atoms with Crippen LogP contribution in [0.5, 0.6) is 5.75 Å². The van der Waals surface area contributed by atoms with E-state index in [1.54, 1.807) is 0 Å². The maximum absolute atomic E-state index is 5.71. The van der Waals surface area contributed by atoms with Gasteiger partial charge in [-0.15, -0.1) is 0 Å². The summed E-state index contributed by atoms with van der Waals surface area (Å²) in [5, 5.41) is 3.53. The highest BCUT2D eigenvalue weighted by Crippen LogP contribution is 2.42. The number of hydrogen-bond donors (Lipinski definition) is 1. The van der Waals surface area contributed by atoms with E-state index in [0.29, 0.717) is 5.41 Å². The highest BCUT2D eigenvalue weighted by atomic mass is 16.5. The fourth-order valence-electron chi connectivity index (χ4n) is 3.23. The molecule has 0 radical (unpaired) electrons. The standard InChI is InChI=1S/C15H22N2O/c1-2-18-14-7-4-3-6-13(14)17-11-15(12-17)8-5-9-16-10-15/h3-4,6-7,16H,2,5,8-12H2,1H3. The second-order valence-electron chi connectivity index (χ2n) is 5.54. The van der Waals surface area contributed by atoms with E-state index in [1.165, 1.54) is 44.7 Å². The summed E-state index contributed by atoms with van der Waals surface area (Å²) in [5.41, 5.74) is 1.79. The van der Waals surface area contributed by atoms with Gasteiger partial charge in [0.15, 0.2) is 0 Å². The summed E-state index contributed by atoms with van der Waals surface area (Å²) in [6.07, 6.45) is 2.69. The highest BCUT2D eigenvalue weighted by molar-refractivity contribution is 5.60. The molecular formula is C15H22N2O. The Morgan fingerprint density at radius 3 is 2.89 bits per heavy atom. The first-order valence-corrected chi connectivity index (χ1v) is 7.00. The van der Waals surface area contributed by atoms with Gasteiger partial charge in [0.1, 0.15) is 5.75 Å². The van der Waals surface area contributed by atoms with Crippen molar-refractivity contribution < 1.29 is 4.74 Å². The maximum atomic E-state index is 5.71. The number of benzene rings is 1. The van der Waals surface area contributed by atoms with Crippen LogP contribution in [0.2, 0.25) is 0 Å². The van der Waals surface area contributed by atoms with Crippen molar-refractivity contribution in [2.24, 2.45) is 5.41 Å². The minimum absolute atomic E-state index is 0.525. The number of hydrogen-bond acceptors (Lipinski definition) is 3. The Hall–Kier alpha value is -1.22. The molecule has 1 aromatic rings. The van der Waals surface area contributed by atoms with Gasteiger partial charge in [-0.05, 0) is 38.4 Å². The molecule has 2 fully saturated rings. The lowest BCUT2D eigenvalue weighted by atomic mass is 9.74. The average molecular weight is 246 g/mol. The number of ether oxygens (including phenoxy) is 1. The third-order valence-electron chi connectivity index (χ3n) is 4.12. The van der Waals surface area contributed by atoms with Crippen molar-refractivity contribution >= 4 is 5.69 Å². The molecular weight excluding hydrogens is 224 g/mol. The van der Waals surface area contributed by atoms with Crippen LogP contribution in [0.3, 0.4) is 0 Å². The van der Waals surface area contributed by atoms with E-state index in [4.69, 9.17) is 4.74 Å². The first kappa shape index (κ1) is 11.8. The van der Waals surface area contributed by atoms with Gasteiger partial charge in [0, 0.05) is 25.0 Å². The van der Waals surface area contributed by atoms with Crippen molar-refractivity contribution in [3.8, 4) is 5.75 Å². The first-order valence-electron chi connectivity index (χ1n) is 7.00. The molecule has 3 rings (SSSR count). The van der Waals surface area contributed by atoms with Crippen LogP contribution in [-0.4, -0.2) is 32.8 Å². The summed E-state index contributed by atoms with van der Waals surface area (Å²) in [5.74, 6) is 1.03. The highest BCUT2D eigenvalue weighted by Gasteiger charge is 2.44. The first-order chi connectivity index (χ1) is 8.83. The molecule has 1 aromatic carbocycles. The van der Waals surface area contributed by atoms with Crippen LogP contribution in [0.4, 0.5) is 5.69 Å². The van der Waals surface area contributed by atoms with E-state index in [1.807, 2.05) is 13.0 Å². The topological polar surface area (TPSA) is 24.5 Å². The van der Waals surface area contributed by atoms with Gasteiger partial charge in [-0.1, -0.05) is 12.1 Å². The van der Waals surface area contributed by atoms with Crippen molar-refractivity contribution in [1.82, 2.24) is 5.32 Å². The molecule has 2 aliphatic rings. The molecule has 18 heavy (non-hydrogen) atoms. The van der Waals surface area contributed by atoms with Crippen molar-refractivity contribution in [3.63, 3.8) is 0 Å². The summed E-state index contributed by atoms with van der Waals surface area (Å²) >= 11 is 0. The van der Waals surface area contributed by atoms with E-state index in [-0.39, 0.29) is 0 Å². The minimum Gasteiger partial charge on any atom is -0.492 e. The van der Waals surface area contributed by atoms with Crippen LogP contribution in [0.1, 0.15) is 19.8 Å². The largest absolute Gasteiger partial charge is 0.492 e. The predicted octanol–water partition coefficient (Wildman–Crippen LogP) is 2.28. The zero-order valence-corrected chi connectivity index (χ0v) is 11.1. The molecule has 3 heteroatoms. The van der Waals surface area contributed by atoms with E-state index in [2.05, 4.69) is 28.4 Å². The number of rotatable bonds is 3. The van der Waals surface area contributed by atoms with Gasteiger partial charge in [-0.2, -0.15) is 0 Å². The lowest BCUT2D eigenvalue weighted by Gasteiger charge is -2.53. The number of para-hydroxylation sites is 2. The van der Waals surface area contributed by atoms with E-state index >= 15 is 0 Å². The van der Waals surface area contributed by atoms with Crippen molar-refractivity contribution in [2.45, 2.75) is 19.8 Å². The van der Waals surface area contributed by atoms with Crippen molar-refractivity contribution in [2.75, 3.05) is 37.7 Å². The summed E-state index contributed by atoms with van der Waals surface area (Å²) in [6, 6.07) is 8.39. The summed E-state index contributed by atoms with van der Waals surface area (Å²) in [7, 11) is 0. The smallest absolute Gasteiger partial charge is 0.142 e. The molecule has 2 aliphatic heterocycles. The monoisotopic (exact) mass is 246 g/mol. The molecule has 0 amide bonds. The minimum atomic E-state index is 0.525. The Bertz CT molecular complexity index is 405. The fraction of sp³-hybridized carbons (Fsp3) is 0.600. The second kappa shape index (κ2) is 4.81. The molecule has 1 spiro atoms. The molecule has 0 bridgehead atoms. The number of anilines is 1. The molecule has 1 N–H and O–H groups in total. The maximum Gasteiger partial charge on any atom is 0.142 e.